The Morgan fingerprint density at radius 3 is 2.14 bits per heavy atom. The Morgan fingerprint density at radius 2 is 1.86 bits per heavy atom. The number of esters is 1. The molecule has 0 amide bonds. The minimum absolute atomic E-state index is 0.484. The van der Waals surface area contributed by atoms with E-state index in [-0.39, 0.29) is 0 Å². The van der Waals surface area contributed by atoms with Crippen molar-refractivity contribution in [2.75, 3.05) is 0 Å². The number of aliphatic hydroxyl groups is 2. The Labute approximate surface area is 91.6 Å². The molecule has 0 aliphatic carbocycles. The van der Waals surface area contributed by atoms with Crippen LogP contribution >= 0.6 is 15.9 Å². The zero-order valence-corrected chi connectivity index (χ0v) is 10.3. The minimum Gasteiger partial charge on any atom is -0.446 e. The number of halogens is 1. The van der Waals surface area contributed by atoms with Crippen molar-refractivity contribution in [3.63, 3.8) is 0 Å². The molecular formula is C8H16BrNO4. The third kappa shape index (κ3) is 6.31. The van der Waals surface area contributed by atoms with Crippen LogP contribution in [0.5, 0.6) is 0 Å². The zero-order chi connectivity index (χ0) is 11.6. The maximum Gasteiger partial charge on any atom is 0.323 e. The molecule has 5 nitrogen and oxygen atoms in total. The summed E-state index contributed by atoms with van der Waals surface area (Å²) in [5.74, 6) is -2.54. The number of rotatable bonds is 4. The summed E-state index contributed by atoms with van der Waals surface area (Å²) >= 11 is 3.12. The summed E-state index contributed by atoms with van der Waals surface area (Å²) in [7, 11) is 0. The smallest absolute Gasteiger partial charge is 0.323 e. The minimum atomic E-state index is -2.06. The van der Waals surface area contributed by atoms with Gasteiger partial charge < -0.3 is 14.9 Å². The third-order valence-corrected chi connectivity index (χ3v) is 1.57. The largest absolute Gasteiger partial charge is 0.446 e. The van der Waals surface area contributed by atoms with Gasteiger partial charge in [-0.2, -0.15) is 0 Å². The lowest BCUT2D eigenvalue weighted by Gasteiger charge is -2.25. The van der Waals surface area contributed by atoms with Gasteiger partial charge in [-0.25, -0.2) is 5.32 Å². The van der Waals surface area contributed by atoms with Crippen molar-refractivity contribution in [3.8, 4) is 0 Å². The van der Waals surface area contributed by atoms with Gasteiger partial charge in [0.05, 0.1) is 0 Å². The summed E-state index contributed by atoms with van der Waals surface area (Å²) < 4.78 is 4.09. The molecule has 0 aliphatic rings. The fraction of sp³-hybridized carbons (Fsp3) is 0.875. The molecule has 0 aromatic heterocycles. The van der Waals surface area contributed by atoms with Crippen LogP contribution in [0.1, 0.15) is 27.7 Å². The normalized spacial score (nSPS) is 15.1. The fourth-order valence-electron chi connectivity index (χ4n) is 0.715. The number of carbonyl (C=O) groups excluding carboxylic acids is 1. The summed E-state index contributed by atoms with van der Waals surface area (Å²) in [4.78, 5) is 11.3. The Morgan fingerprint density at radius 1 is 1.43 bits per heavy atom. The molecule has 14 heavy (non-hydrogen) atoms. The molecule has 1 unspecified atom stereocenters. The van der Waals surface area contributed by atoms with Crippen molar-refractivity contribution >= 4 is 21.9 Å². The summed E-state index contributed by atoms with van der Waals surface area (Å²) in [6.07, 6.45) is -0.778. The third-order valence-electron chi connectivity index (χ3n) is 1.25. The summed E-state index contributed by atoms with van der Waals surface area (Å²) in [6, 6.07) is 0. The number of ether oxygens (including phenoxy) is 1. The monoisotopic (exact) mass is 269 g/mol. The van der Waals surface area contributed by atoms with Crippen molar-refractivity contribution in [1.29, 1.82) is 0 Å². The standard InChI is InChI=1S/C8H16BrNO4/c1-5(10-8(4,12)13)14-6(11)7(2,3)9/h5,10,12-13H,1-4H3. The van der Waals surface area contributed by atoms with Gasteiger partial charge in [-0.1, -0.05) is 15.9 Å². The van der Waals surface area contributed by atoms with Crippen LogP contribution < -0.4 is 5.32 Å². The predicted molar refractivity (Wildman–Crippen MR) is 54.5 cm³/mol. The van der Waals surface area contributed by atoms with Gasteiger partial charge in [0, 0.05) is 6.92 Å². The number of nitrogens with one attached hydrogen (secondary N) is 1. The van der Waals surface area contributed by atoms with E-state index in [9.17, 15) is 4.79 Å². The summed E-state index contributed by atoms with van der Waals surface area (Å²) in [5.41, 5.74) is 0. The molecule has 0 saturated heterocycles. The topological polar surface area (TPSA) is 78.8 Å². The van der Waals surface area contributed by atoms with Gasteiger partial charge in [0.2, 0.25) is 5.91 Å². The zero-order valence-electron chi connectivity index (χ0n) is 8.67. The van der Waals surface area contributed by atoms with Gasteiger partial charge in [0.25, 0.3) is 0 Å². The van der Waals surface area contributed by atoms with E-state index in [0.29, 0.717) is 0 Å². The molecular weight excluding hydrogens is 254 g/mol. The lowest BCUT2D eigenvalue weighted by molar-refractivity contribution is -0.198. The second-order valence-corrected chi connectivity index (χ2v) is 5.67. The first-order chi connectivity index (χ1) is 6.02. The van der Waals surface area contributed by atoms with Crippen LogP contribution in [0.4, 0.5) is 0 Å². The van der Waals surface area contributed by atoms with Crippen molar-refractivity contribution in [1.82, 2.24) is 5.32 Å². The lowest BCUT2D eigenvalue weighted by atomic mass is 10.2. The molecule has 0 aromatic rings. The van der Waals surface area contributed by atoms with Crippen LogP contribution in [0.25, 0.3) is 0 Å². The van der Waals surface area contributed by atoms with Crippen molar-refractivity contribution in [2.24, 2.45) is 0 Å². The highest BCUT2D eigenvalue weighted by Crippen LogP contribution is 2.18. The first kappa shape index (κ1) is 13.8. The maximum absolute atomic E-state index is 11.3. The molecule has 0 aromatic carbocycles. The van der Waals surface area contributed by atoms with Gasteiger partial charge in [0.1, 0.15) is 4.32 Å². The number of carbonyl (C=O) groups is 1. The number of hydrogen-bond donors (Lipinski definition) is 3. The molecule has 3 N–H and O–H groups in total. The quantitative estimate of drug-likeness (QED) is 0.389. The molecule has 0 aliphatic heterocycles. The second kappa shape index (κ2) is 4.57. The Kier molecular flexibility index (Phi) is 4.51. The molecule has 1 atom stereocenters. The van der Waals surface area contributed by atoms with E-state index in [0.717, 1.165) is 6.92 Å². The predicted octanol–water partition coefficient (Wildman–Crippen LogP) is 0.297. The molecule has 0 saturated carbocycles. The molecule has 0 heterocycles. The van der Waals surface area contributed by atoms with E-state index in [2.05, 4.69) is 21.2 Å². The Hall–Kier alpha value is -0.170. The first-order valence-corrected chi connectivity index (χ1v) is 4.94. The van der Waals surface area contributed by atoms with E-state index in [1.54, 1.807) is 13.8 Å². The van der Waals surface area contributed by atoms with Gasteiger partial charge >= 0.3 is 5.97 Å². The SMILES string of the molecule is CC(NC(C)(O)O)OC(=O)C(C)(C)Br. The summed E-state index contributed by atoms with van der Waals surface area (Å²) in [5, 5.41) is 20.2. The second-order valence-electron chi connectivity index (χ2n) is 3.69. The summed E-state index contributed by atoms with van der Waals surface area (Å²) in [6.45, 7) is 5.91. The van der Waals surface area contributed by atoms with Crippen LogP contribution in [0.2, 0.25) is 0 Å². The van der Waals surface area contributed by atoms with Crippen LogP contribution in [0.15, 0.2) is 0 Å². The van der Waals surface area contributed by atoms with Gasteiger partial charge in [-0.05, 0) is 20.8 Å². The van der Waals surface area contributed by atoms with Crippen LogP contribution in [-0.2, 0) is 9.53 Å². The average molecular weight is 270 g/mol. The van der Waals surface area contributed by atoms with E-state index < -0.39 is 22.4 Å². The number of alkyl halides is 1. The van der Waals surface area contributed by atoms with Crippen LogP contribution in [0, 0.1) is 0 Å². The molecule has 0 bridgehead atoms. The maximum atomic E-state index is 11.3. The molecule has 0 fully saturated rings. The van der Waals surface area contributed by atoms with Crippen LogP contribution in [-0.4, -0.2) is 32.6 Å². The Balaban J connectivity index is 4.09. The van der Waals surface area contributed by atoms with Crippen molar-refractivity contribution in [2.45, 2.75) is 44.2 Å². The van der Waals surface area contributed by atoms with Crippen molar-refractivity contribution in [3.05, 3.63) is 0 Å². The molecule has 6 heteroatoms. The highest BCUT2D eigenvalue weighted by molar-refractivity contribution is 9.10. The fourth-order valence-corrected chi connectivity index (χ4v) is 0.809. The Bertz CT molecular complexity index is 206. The van der Waals surface area contributed by atoms with E-state index >= 15 is 0 Å². The van der Waals surface area contributed by atoms with Gasteiger partial charge in [-0.15, -0.1) is 0 Å². The van der Waals surface area contributed by atoms with Crippen LogP contribution in [0.3, 0.4) is 0 Å². The molecule has 0 rings (SSSR count). The molecule has 0 radical (unpaired) electrons. The van der Waals surface area contributed by atoms with Crippen molar-refractivity contribution < 1.29 is 19.7 Å². The van der Waals surface area contributed by atoms with E-state index in [4.69, 9.17) is 14.9 Å². The highest BCUT2D eigenvalue weighted by Gasteiger charge is 2.28. The molecule has 84 valence electrons. The van der Waals surface area contributed by atoms with E-state index in [1.807, 2.05) is 0 Å². The lowest BCUT2D eigenvalue weighted by Crippen LogP contribution is -2.49. The molecule has 0 spiro atoms. The van der Waals surface area contributed by atoms with Gasteiger partial charge in [0.15, 0.2) is 6.23 Å². The highest BCUT2D eigenvalue weighted by atomic mass is 79.9. The van der Waals surface area contributed by atoms with E-state index in [1.165, 1.54) is 6.92 Å². The number of hydrogen-bond acceptors (Lipinski definition) is 5. The first-order valence-electron chi connectivity index (χ1n) is 4.15. The average Bonchev–Trinajstić information content (AvgIpc) is 1.79. The van der Waals surface area contributed by atoms with Gasteiger partial charge in [-0.3, -0.25) is 4.79 Å².